The number of nitrogens with zero attached hydrogens (tertiary/aromatic N) is 2. The third-order valence-electron chi connectivity index (χ3n) is 4.47. The molecule has 2 aromatic heterocycles. The number of amides is 1. The topological polar surface area (TPSA) is 88.5 Å². The third-order valence-corrected chi connectivity index (χ3v) is 4.47. The van der Waals surface area contributed by atoms with Gasteiger partial charge < -0.3 is 10.1 Å². The summed E-state index contributed by atoms with van der Waals surface area (Å²) in [4.78, 5) is 23.9. The zero-order chi connectivity index (χ0) is 20.6. The monoisotopic (exact) mass is 390 g/mol. The van der Waals surface area contributed by atoms with E-state index in [1.165, 1.54) is 4.40 Å². The van der Waals surface area contributed by atoms with Gasteiger partial charge in [-0.05, 0) is 54.6 Å². The van der Waals surface area contributed by atoms with Gasteiger partial charge in [0, 0.05) is 18.1 Å². The molecule has 0 saturated heterocycles. The Morgan fingerprint density at radius 1 is 1.21 bits per heavy atom. The van der Waals surface area contributed by atoms with Crippen molar-refractivity contribution in [2.24, 2.45) is 0 Å². The first-order chi connectivity index (χ1) is 13.8. The Morgan fingerprint density at radius 2 is 1.90 bits per heavy atom. The van der Waals surface area contributed by atoms with Crippen molar-refractivity contribution < 1.29 is 9.53 Å². The van der Waals surface area contributed by atoms with E-state index in [-0.39, 0.29) is 5.69 Å². The molecule has 0 spiro atoms. The number of hydrogen-bond donors (Lipinski definition) is 2. The fourth-order valence-corrected chi connectivity index (χ4v) is 3.26. The molecule has 148 valence electrons. The Labute approximate surface area is 167 Å². The molecule has 7 heteroatoms. The number of nitrogens with one attached hydrogen (secondary N) is 2. The molecule has 7 nitrogen and oxygen atoms in total. The van der Waals surface area contributed by atoms with Crippen LogP contribution in [0, 0.1) is 0 Å². The van der Waals surface area contributed by atoms with Crippen LogP contribution in [0.2, 0.25) is 0 Å². The summed E-state index contributed by atoms with van der Waals surface area (Å²) in [7, 11) is 0. The minimum absolute atomic E-state index is 0.295. The number of rotatable bonds is 3. The van der Waals surface area contributed by atoms with Crippen LogP contribution in [0.4, 0.5) is 4.79 Å². The molecule has 4 aromatic rings. The van der Waals surface area contributed by atoms with E-state index in [1.54, 1.807) is 6.20 Å². The van der Waals surface area contributed by atoms with Crippen molar-refractivity contribution in [1.82, 2.24) is 19.9 Å². The van der Waals surface area contributed by atoms with E-state index < -0.39 is 11.7 Å². The highest BCUT2D eigenvalue weighted by Gasteiger charge is 2.15. The highest BCUT2D eigenvalue weighted by molar-refractivity contribution is 6.06. The van der Waals surface area contributed by atoms with E-state index in [2.05, 4.69) is 21.6 Å². The lowest BCUT2D eigenvalue weighted by Crippen LogP contribution is -2.32. The molecule has 0 unspecified atom stereocenters. The van der Waals surface area contributed by atoms with Crippen LogP contribution < -0.4 is 11.0 Å². The number of fused-ring (bicyclic) bond motifs is 4. The van der Waals surface area contributed by atoms with Crippen LogP contribution >= 0.6 is 0 Å². The lowest BCUT2D eigenvalue weighted by Gasteiger charge is -2.19. The first-order valence-electron chi connectivity index (χ1n) is 9.37. The van der Waals surface area contributed by atoms with Crippen LogP contribution in [0.3, 0.4) is 0 Å². The van der Waals surface area contributed by atoms with Gasteiger partial charge in [0.1, 0.15) is 5.60 Å². The molecular formula is C22H22N4O3. The van der Waals surface area contributed by atoms with Crippen LogP contribution in [0.25, 0.3) is 33.3 Å². The minimum atomic E-state index is -0.543. The Hall–Kier alpha value is -3.61. The van der Waals surface area contributed by atoms with Gasteiger partial charge in [0.2, 0.25) is 0 Å². The smallest absolute Gasteiger partial charge is 0.407 e. The average molecular weight is 390 g/mol. The summed E-state index contributed by atoms with van der Waals surface area (Å²) in [6.07, 6.45) is 4.99. The number of pyridine rings is 1. The molecule has 0 aliphatic carbocycles. The second kappa shape index (κ2) is 7.09. The molecule has 4 rings (SSSR count). The summed E-state index contributed by atoms with van der Waals surface area (Å²) in [5.74, 6) is 0. The number of aromatic amines is 1. The van der Waals surface area contributed by atoms with Gasteiger partial charge in [-0.25, -0.2) is 19.1 Å². The fraction of sp³-hybridized carbons (Fsp3) is 0.227. The lowest BCUT2D eigenvalue weighted by atomic mass is 10.0. The summed E-state index contributed by atoms with van der Waals surface area (Å²) in [6, 6.07) is 12.2. The van der Waals surface area contributed by atoms with Crippen LogP contribution in [0.1, 0.15) is 26.3 Å². The number of carbonyl (C=O) groups is 1. The number of alkyl carbamates (subject to hydrolysis) is 1. The maximum absolute atomic E-state index is 12.1. The molecule has 0 atom stereocenters. The van der Waals surface area contributed by atoms with Crippen molar-refractivity contribution >= 4 is 39.4 Å². The second-order valence-corrected chi connectivity index (χ2v) is 7.84. The summed E-state index contributed by atoms with van der Waals surface area (Å²) in [5.41, 5.74) is 0.600. The van der Waals surface area contributed by atoms with Crippen LogP contribution in [-0.4, -0.2) is 32.8 Å². The van der Waals surface area contributed by atoms with Gasteiger partial charge >= 0.3 is 11.8 Å². The van der Waals surface area contributed by atoms with Crippen molar-refractivity contribution in [3.05, 3.63) is 64.7 Å². The molecule has 0 fully saturated rings. The maximum Gasteiger partial charge on any atom is 0.407 e. The van der Waals surface area contributed by atoms with Crippen molar-refractivity contribution in [2.45, 2.75) is 26.4 Å². The van der Waals surface area contributed by atoms with Crippen molar-refractivity contribution in [2.75, 3.05) is 6.54 Å². The highest BCUT2D eigenvalue weighted by Crippen LogP contribution is 2.28. The largest absolute Gasteiger partial charge is 0.444 e. The molecule has 0 aliphatic heterocycles. The molecule has 2 heterocycles. The summed E-state index contributed by atoms with van der Waals surface area (Å²) < 4.78 is 6.73. The number of aromatic nitrogens is 3. The molecular weight excluding hydrogens is 368 g/mol. The molecule has 0 aliphatic rings. The Morgan fingerprint density at radius 3 is 2.59 bits per heavy atom. The zero-order valence-electron chi connectivity index (χ0n) is 16.5. The second-order valence-electron chi connectivity index (χ2n) is 7.84. The Balaban J connectivity index is 1.72. The Bertz CT molecular complexity index is 1310. The van der Waals surface area contributed by atoms with Crippen molar-refractivity contribution in [1.29, 1.82) is 0 Å². The molecule has 2 N–H and O–H groups in total. The molecule has 0 radical (unpaired) electrons. The van der Waals surface area contributed by atoms with Crippen LogP contribution in [0.15, 0.2) is 53.5 Å². The standard InChI is InChI=1S/C22H22N4O3/c1-22(2,3)29-21(28)23-10-6-9-16-13-26-19(24-25-20(26)27)18-12-15-8-5-4-7-14(15)11-17(16)18/h4-9,11-13H,10H2,1-3H3,(H,23,28)(H,25,27). The average Bonchev–Trinajstić information content (AvgIpc) is 3.03. The lowest BCUT2D eigenvalue weighted by molar-refractivity contribution is 0.0534. The number of hydrogen-bond acceptors (Lipinski definition) is 4. The molecule has 0 bridgehead atoms. The van der Waals surface area contributed by atoms with E-state index in [4.69, 9.17) is 4.74 Å². The predicted molar refractivity (Wildman–Crippen MR) is 114 cm³/mol. The third kappa shape index (κ3) is 3.85. The molecule has 2 aromatic carbocycles. The Kier molecular flexibility index (Phi) is 4.58. The fourth-order valence-electron chi connectivity index (χ4n) is 3.26. The summed E-state index contributed by atoms with van der Waals surface area (Å²) >= 11 is 0. The van der Waals surface area contributed by atoms with Crippen LogP contribution in [-0.2, 0) is 4.74 Å². The van der Waals surface area contributed by atoms with Gasteiger partial charge in [0.15, 0.2) is 5.65 Å². The molecule has 0 saturated carbocycles. The summed E-state index contributed by atoms with van der Waals surface area (Å²) in [5, 5.41) is 13.4. The normalized spacial score (nSPS) is 12.2. The quantitative estimate of drug-likeness (QED) is 0.520. The van der Waals surface area contributed by atoms with E-state index in [0.29, 0.717) is 12.2 Å². The van der Waals surface area contributed by atoms with Crippen molar-refractivity contribution in [3.63, 3.8) is 0 Å². The number of H-pyrrole nitrogens is 1. The zero-order valence-corrected chi connectivity index (χ0v) is 16.5. The minimum Gasteiger partial charge on any atom is -0.444 e. The first kappa shape index (κ1) is 18.7. The van der Waals surface area contributed by atoms with E-state index in [0.717, 1.165) is 27.1 Å². The van der Waals surface area contributed by atoms with Gasteiger partial charge in [0.25, 0.3) is 0 Å². The molecule has 1 amide bonds. The predicted octanol–water partition coefficient (Wildman–Crippen LogP) is 3.87. The maximum atomic E-state index is 12.1. The van der Waals surface area contributed by atoms with E-state index >= 15 is 0 Å². The summed E-state index contributed by atoms with van der Waals surface area (Å²) in [6.45, 7) is 5.76. The van der Waals surface area contributed by atoms with Crippen LogP contribution in [0.5, 0.6) is 0 Å². The van der Waals surface area contributed by atoms with Gasteiger partial charge in [-0.2, -0.15) is 5.10 Å². The number of ether oxygens (including phenoxy) is 1. The SMILES string of the molecule is CC(C)(C)OC(=O)NCC=Cc1cn2c(=O)[nH]nc2c2cc3ccccc3cc12. The highest BCUT2D eigenvalue weighted by atomic mass is 16.6. The molecule has 29 heavy (non-hydrogen) atoms. The van der Waals surface area contributed by atoms with Gasteiger partial charge in [-0.3, -0.25) is 0 Å². The van der Waals surface area contributed by atoms with Gasteiger partial charge in [0.05, 0.1) is 0 Å². The van der Waals surface area contributed by atoms with E-state index in [9.17, 15) is 9.59 Å². The van der Waals surface area contributed by atoms with Gasteiger partial charge in [-0.1, -0.05) is 36.4 Å². The van der Waals surface area contributed by atoms with Gasteiger partial charge in [-0.15, -0.1) is 0 Å². The van der Waals surface area contributed by atoms with Crippen molar-refractivity contribution in [3.8, 4) is 0 Å². The number of carbonyl (C=O) groups excluding carboxylic acids is 1. The first-order valence-corrected chi connectivity index (χ1v) is 9.37. The number of benzene rings is 2. The van der Waals surface area contributed by atoms with E-state index in [1.807, 2.05) is 63.3 Å².